The van der Waals surface area contributed by atoms with Crippen molar-refractivity contribution in [2.45, 2.75) is 25.3 Å². The van der Waals surface area contributed by atoms with Gasteiger partial charge in [-0.2, -0.15) is 0 Å². The van der Waals surface area contributed by atoms with Gasteiger partial charge in [0.25, 0.3) is 10.0 Å². The van der Waals surface area contributed by atoms with Crippen LogP contribution in [0.3, 0.4) is 0 Å². The first-order chi connectivity index (χ1) is 9.76. The Morgan fingerprint density at radius 3 is 2.62 bits per heavy atom. The number of halogens is 2. The number of furan rings is 1. The van der Waals surface area contributed by atoms with Crippen molar-refractivity contribution >= 4 is 43.2 Å². The highest BCUT2D eigenvalue weighted by atomic mass is 79.9. The summed E-state index contributed by atoms with van der Waals surface area (Å²) in [5, 5.41) is 0.300. The van der Waals surface area contributed by atoms with Gasteiger partial charge in [-0.1, -0.05) is 27.5 Å². The van der Waals surface area contributed by atoms with Gasteiger partial charge in [0.15, 0.2) is 0 Å². The zero-order valence-electron chi connectivity index (χ0n) is 11.4. The van der Waals surface area contributed by atoms with Gasteiger partial charge in [-0.05, 0) is 32.0 Å². The fourth-order valence-corrected chi connectivity index (χ4v) is 4.18. The molecular weight excluding hydrogens is 380 g/mol. The first-order valence-electron chi connectivity index (χ1n) is 6.03. The Labute approximate surface area is 136 Å². The summed E-state index contributed by atoms with van der Waals surface area (Å²) in [6, 6.07) is 4.91. The number of aryl methyl sites for hydroxylation is 2. The van der Waals surface area contributed by atoms with Gasteiger partial charge < -0.3 is 10.2 Å². The van der Waals surface area contributed by atoms with E-state index >= 15 is 0 Å². The third-order valence-corrected chi connectivity index (χ3v) is 5.35. The van der Waals surface area contributed by atoms with Crippen molar-refractivity contribution < 1.29 is 12.8 Å². The topological polar surface area (TPSA) is 85.3 Å². The van der Waals surface area contributed by atoms with Crippen molar-refractivity contribution in [3.8, 4) is 0 Å². The maximum atomic E-state index is 12.6. The van der Waals surface area contributed by atoms with E-state index in [0.717, 1.165) is 0 Å². The van der Waals surface area contributed by atoms with Crippen molar-refractivity contribution in [3.63, 3.8) is 0 Å². The molecule has 3 N–H and O–H groups in total. The summed E-state index contributed by atoms with van der Waals surface area (Å²) >= 11 is 9.29. The molecule has 0 aliphatic carbocycles. The minimum atomic E-state index is -3.83. The van der Waals surface area contributed by atoms with Crippen LogP contribution in [0.2, 0.25) is 5.02 Å². The molecule has 0 saturated carbocycles. The molecule has 0 aliphatic rings. The molecule has 21 heavy (non-hydrogen) atoms. The molecule has 8 heteroatoms. The van der Waals surface area contributed by atoms with Gasteiger partial charge in [0.1, 0.15) is 16.4 Å². The Kier molecular flexibility index (Phi) is 4.67. The van der Waals surface area contributed by atoms with Crippen molar-refractivity contribution in [1.82, 2.24) is 0 Å². The summed E-state index contributed by atoms with van der Waals surface area (Å²) in [6.07, 6.45) is 0. The largest absolute Gasteiger partial charge is 0.465 e. The Balaban J connectivity index is 2.51. The number of benzene rings is 1. The zero-order chi connectivity index (χ0) is 15.8. The highest BCUT2D eigenvalue weighted by Gasteiger charge is 2.26. The van der Waals surface area contributed by atoms with E-state index in [0.29, 0.717) is 26.6 Å². The Hall–Kier alpha value is -1.02. The van der Waals surface area contributed by atoms with E-state index in [-0.39, 0.29) is 17.1 Å². The number of nitrogens with one attached hydrogen (secondary N) is 1. The van der Waals surface area contributed by atoms with E-state index in [1.165, 1.54) is 0 Å². The van der Waals surface area contributed by atoms with Crippen molar-refractivity contribution in [2.24, 2.45) is 5.73 Å². The highest BCUT2D eigenvalue weighted by Crippen LogP contribution is 2.31. The molecule has 114 valence electrons. The van der Waals surface area contributed by atoms with Crippen LogP contribution in [0, 0.1) is 13.8 Å². The molecule has 5 nitrogen and oxygen atoms in total. The second kappa shape index (κ2) is 6.00. The lowest BCUT2D eigenvalue weighted by Crippen LogP contribution is -2.16. The van der Waals surface area contributed by atoms with Crippen LogP contribution in [0.5, 0.6) is 0 Å². The average molecular weight is 394 g/mol. The van der Waals surface area contributed by atoms with Crippen LogP contribution in [0.1, 0.15) is 17.1 Å². The molecule has 0 unspecified atom stereocenters. The van der Waals surface area contributed by atoms with E-state index in [1.807, 2.05) is 0 Å². The van der Waals surface area contributed by atoms with Gasteiger partial charge in [-0.15, -0.1) is 0 Å². The van der Waals surface area contributed by atoms with Crippen LogP contribution in [0.25, 0.3) is 0 Å². The third-order valence-electron chi connectivity index (χ3n) is 2.97. The number of sulfonamides is 1. The second-order valence-corrected chi connectivity index (χ2v) is 7.40. The van der Waals surface area contributed by atoms with Crippen molar-refractivity contribution in [3.05, 3.63) is 44.8 Å². The van der Waals surface area contributed by atoms with Crippen LogP contribution < -0.4 is 10.5 Å². The minimum Gasteiger partial charge on any atom is -0.465 e. The molecule has 0 radical (unpaired) electrons. The lowest BCUT2D eigenvalue weighted by atomic mass is 10.2. The number of rotatable bonds is 4. The van der Waals surface area contributed by atoms with Gasteiger partial charge in [-0.25, -0.2) is 8.42 Å². The summed E-state index contributed by atoms with van der Waals surface area (Å²) in [6.45, 7) is 3.34. The number of hydrogen-bond donors (Lipinski definition) is 2. The van der Waals surface area contributed by atoms with Gasteiger partial charge in [0, 0.05) is 16.6 Å². The molecule has 0 spiro atoms. The minimum absolute atomic E-state index is 0.0681. The van der Waals surface area contributed by atoms with Crippen LogP contribution in [0.4, 0.5) is 5.69 Å². The molecule has 1 heterocycles. The molecule has 0 saturated heterocycles. The van der Waals surface area contributed by atoms with Gasteiger partial charge in [0.2, 0.25) is 0 Å². The third kappa shape index (κ3) is 3.26. The lowest BCUT2D eigenvalue weighted by Gasteiger charge is -2.10. The van der Waals surface area contributed by atoms with Crippen LogP contribution in [-0.4, -0.2) is 8.42 Å². The normalized spacial score (nSPS) is 11.7. The molecule has 0 atom stereocenters. The predicted molar refractivity (Wildman–Crippen MR) is 86.0 cm³/mol. The van der Waals surface area contributed by atoms with E-state index in [4.69, 9.17) is 21.8 Å². The van der Waals surface area contributed by atoms with Crippen molar-refractivity contribution in [2.75, 3.05) is 4.72 Å². The van der Waals surface area contributed by atoms with E-state index < -0.39 is 10.0 Å². The van der Waals surface area contributed by atoms with Crippen molar-refractivity contribution in [1.29, 1.82) is 0 Å². The summed E-state index contributed by atoms with van der Waals surface area (Å²) in [5.41, 5.74) is 6.37. The molecule has 1 aromatic heterocycles. The standard InChI is InChI=1S/C13H14BrClN2O3S/c1-7-10(6-16)13(8(2)20-7)21(18,19)17-12-5-9(14)3-4-11(12)15/h3-5,17H,6,16H2,1-2H3. The molecule has 0 fully saturated rings. The van der Waals surface area contributed by atoms with Gasteiger partial charge in [-0.3, -0.25) is 4.72 Å². The molecule has 0 aliphatic heterocycles. The molecule has 2 aromatic rings. The van der Waals surface area contributed by atoms with Crippen LogP contribution >= 0.6 is 27.5 Å². The quantitative estimate of drug-likeness (QED) is 0.831. The fourth-order valence-electron chi connectivity index (χ4n) is 2.07. The Bertz CT molecular complexity index is 787. The number of nitrogens with two attached hydrogens (primary N) is 1. The monoisotopic (exact) mass is 392 g/mol. The van der Waals surface area contributed by atoms with Gasteiger partial charge in [0.05, 0.1) is 10.7 Å². The van der Waals surface area contributed by atoms with E-state index in [1.54, 1.807) is 32.0 Å². The average Bonchev–Trinajstić information content (AvgIpc) is 2.68. The molecule has 0 amide bonds. The second-order valence-electron chi connectivity index (χ2n) is 4.46. The first-order valence-corrected chi connectivity index (χ1v) is 8.68. The fraction of sp³-hybridized carbons (Fsp3) is 0.231. The Morgan fingerprint density at radius 1 is 1.33 bits per heavy atom. The maximum absolute atomic E-state index is 12.6. The van der Waals surface area contributed by atoms with Crippen LogP contribution in [0.15, 0.2) is 32.0 Å². The molecular formula is C13H14BrClN2O3S. The van der Waals surface area contributed by atoms with Gasteiger partial charge >= 0.3 is 0 Å². The predicted octanol–water partition coefficient (Wildman–Crippen LogP) is 3.57. The van der Waals surface area contributed by atoms with E-state index in [9.17, 15) is 8.42 Å². The highest BCUT2D eigenvalue weighted by molar-refractivity contribution is 9.10. The smallest absolute Gasteiger partial charge is 0.265 e. The molecule has 2 rings (SSSR count). The molecule has 0 bridgehead atoms. The molecule has 1 aromatic carbocycles. The van der Waals surface area contributed by atoms with Crippen LogP contribution in [-0.2, 0) is 16.6 Å². The first kappa shape index (κ1) is 16.4. The summed E-state index contributed by atoms with van der Waals surface area (Å²) in [7, 11) is -3.83. The Morgan fingerprint density at radius 2 is 2.00 bits per heavy atom. The SMILES string of the molecule is Cc1oc(C)c(S(=O)(=O)Nc2cc(Br)ccc2Cl)c1CN. The summed E-state index contributed by atoms with van der Waals surface area (Å²) in [5.74, 6) is 0.794. The lowest BCUT2D eigenvalue weighted by molar-refractivity contribution is 0.494. The summed E-state index contributed by atoms with van der Waals surface area (Å²) < 4.78 is 33.7. The number of anilines is 1. The number of hydrogen-bond acceptors (Lipinski definition) is 4. The van der Waals surface area contributed by atoms with E-state index in [2.05, 4.69) is 20.7 Å². The zero-order valence-corrected chi connectivity index (χ0v) is 14.6. The summed E-state index contributed by atoms with van der Waals surface area (Å²) in [4.78, 5) is 0.0681. The maximum Gasteiger partial charge on any atom is 0.265 e.